The fourth-order valence-electron chi connectivity index (χ4n) is 3.62. The number of anilines is 1. The van der Waals surface area contributed by atoms with Crippen LogP contribution < -0.4 is 10.6 Å². The second kappa shape index (κ2) is 9.51. The third kappa shape index (κ3) is 5.32. The standard InChI is InChI=1S/C20H27N5O4/c1-15-4-2-3-5-16(15)22-18(27)12-17-20(29)21-6-7-25(17)19(28)13-23-8-10-24(14-26)11-9-23/h2-5,14,17H,6-13H2,1H3,(H,21,29)(H,22,27)/t17-/m0/s1. The first-order chi connectivity index (χ1) is 14.0. The van der Waals surface area contributed by atoms with Crippen LogP contribution in [0.4, 0.5) is 5.69 Å². The predicted octanol–water partition coefficient (Wildman–Crippen LogP) is -0.575. The number of carbonyl (C=O) groups excluding carboxylic acids is 4. The van der Waals surface area contributed by atoms with Crippen LogP contribution in [0.15, 0.2) is 24.3 Å². The van der Waals surface area contributed by atoms with E-state index in [2.05, 4.69) is 10.6 Å². The zero-order chi connectivity index (χ0) is 20.8. The smallest absolute Gasteiger partial charge is 0.243 e. The first-order valence-corrected chi connectivity index (χ1v) is 9.82. The lowest BCUT2D eigenvalue weighted by Crippen LogP contribution is -2.60. The molecule has 0 bridgehead atoms. The zero-order valence-corrected chi connectivity index (χ0v) is 16.6. The molecule has 2 aliphatic rings. The van der Waals surface area contributed by atoms with E-state index >= 15 is 0 Å². The summed E-state index contributed by atoms with van der Waals surface area (Å²) >= 11 is 0. The molecule has 9 nitrogen and oxygen atoms in total. The van der Waals surface area contributed by atoms with Gasteiger partial charge in [0.05, 0.1) is 13.0 Å². The number of amides is 4. The lowest BCUT2D eigenvalue weighted by molar-refractivity contribution is -0.145. The van der Waals surface area contributed by atoms with Crippen molar-refractivity contribution in [3.05, 3.63) is 29.8 Å². The second-order valence-electron chi connectivity index (χ2n) is 7.38. The minimum Gasteiger partial charge on any atom is -0.353 e. The molecule has 2 saturated heterocycles. The zero-order valence-electron chi connectivity index (χ0n) is 16.6. The summed E-state index contributed by atoms with van der Waals surface area (Å²) in [5, 5.41) is 5.57. The summed E-state index contributed by atoms with van der Waals surface area (Å²) in [4.78, 5) is 53.7. The van der Waals surface area contributed by atoms with Crippen LogP contribution >= 0.6 is 0 Å². The quantitative estimate of drug-likeness (QED) is 0.622. The Morgan fingerprint density at radius 1 is 1.17 bits per heavy atom. The maximum atomic E-state index is 12.9. The molecular formula is C20H27N5O4. The Morgan fingerprint density at radius 2 is 1.90 bits per heavy atom. The van der Waals surface area contributed by atoms with Gasteiger partial charge < -0.3 is 20.4 Å². The van der Waals surface area contributed by atoms with Crippen LogP contribution in [-0.4, -0.2) is 90.7 Å². The van der Waals surface area contributed by atoms with Gasteiger partial charge >= 0.3 is 0 Å². The van der Waals surface area contributed by atoms with E-state index in [-0.39, 0.29) is 30.7 Å². The van der Waals surface area contributed by atoms with Gasteiger partial charge in [0.2, 0.25) is 24.1 Å². The van der Waals surface area contributed by atoms with Crippen molar-refractivity contribution in [2.24, 2.45) is 0 Å². The van der Waals surface area contributed by atoms with Gasteiger partial charge in [-0.15, -0.1) is 0 Å². The molecule has 0 unspecified atom stereocenters. The van der Waals surface area contributed by atoms with Crippen molar-refractivity contribution in [3.63, 3.8) is 0 Å². The Morgan fingerprint density at radius 3 is 2.59 bits per heavy atom. The summed E-state index contributed by atoms with van der Waals surface area (Å²) in [6.45, 7) is 5.21. The number of hydrogen-bond donors (Lipinski definition) is 2. The number of para-hydroxylation sites is 1. The minimum atomic E-state index is -0.823. The van der Waals surface area contributed by atoms with Gasteiger partial charge in [0.1, 0.15) is 6.04 Å². The van der Waals surface area contributed by atoms with E-state index < -0.39 is 6.04 Å². The molecule has 3 rings (SSSR count). The Kier molecular flexibility index (Phi) is 6.82. The number of benzene rings is 1. The van der Waals surface area contributed by atoms with E-state index in [0.717, 1.165) is 12.0 Å². The molecule has 2 heterocycles. The molecule has 29 heavy (non-hydrogen) atoms. The van der Waals surface area contributed by atoms with Gasteiger partial charge in [-0.05, 0) is 18.6 Å². The van der Waals surface area contributed by atoms with E-state index in [9.17, 15) is 19.2 Å². The van der Waals surface area contributed by atoms with E-state index in [4.69, 9.17) is 0 Å². The molecule has 2 N–H and O–H groups in total. The molecule has 1 aromatic rings. The summed E-state index contributed by atoms with van der Waals surface area (Å²) in [6, 6.07) is 6.58. The van der Waals surface area contributed by atoms with Crippen molar-refractivity contribution >= 4 is 29.8 Å². The highest BCUT2D eigenvalue weighted by atomic mass is 16.2. The highest BCUT2D eigenvalue weighted by Crippen LogP contribution is 2.16. The van der Waals surface area contributed by atoms with Gasteiger partial charge in [0.15, 0.2) is 0 Å². The average Bonchev–Trinajstić information content (AvgIpc) is 2.71. The molecule has 0 spiro atoms. The Bertz CT molecular complexity index is 776. The number of rotatable bonds is 6. The van der Waals surface area contributed by atoms with E-state index in [0.29, 0.717) is 45.0 Å². The van der Waals surface area contributed by atoms with Crippen LogP contribution in [0.1, 0.15) is 12.0 Å². The fraction of sp³-hybridized carbons (Fsp3) is 0.500. The molecule has 0 aliphatic carbocycles. The van der Waals surface area contributed by atoms with Gasteiger partial charge in [-0.3, -0.25) is 24.1 Å². The van der Waals surface area contributed by atoms with Crippen LogP contribution in [0.2, 0.25) is 0 Å². The Hall–Kier alpha value is -2.94. The third-order valence-electron chi connectivity index (χ3n) is 5.36. The summed E-state index contributed by atoms with van der Waals surface area (Å²) < 4.78 is 0. The molecule has 0 aromatic heterocycles. The van der Waals surface area contributed by atoms with Gasteiger partial charge in [-0.1, -0.05) is 18.2 Å². The largest absolute Gasteiger partial charge is 0.353 e. The molecule has 4 amide bonds. The molecule has 2 fully saturated rings. The van der Waals surface area contributed by atoms with Gasteiger partial charge in [-0.2, -0.15) is 0 Å². The fourth-order valence-corrected chi connectivity index (χ4v) is 3.62. The summed E-state index contributed by atoms with van der Waals surface area (Å²) in [5.74, 6) is -0.790. The molecule has 0 saturated carbocycles. The molecule has 1 aromatic carbocycles. The maximum absolute atomic E-state index is 12.9. The number of aryl methyl sites for hydroxylation is 1. The van der Waals surface area contributed by atoms with Crippen molar-refractivity contribution in [2.75, 3.05) is 51.1 Å². The normalized spacial score (nSPS) is 20.2. The number of hydrogen-bond acceptors (Lipinski definition) is 5. The number of piperazine rings is 2. The molecular weight excluding hydrogens is 374 g/mol. The van der Waals surface area contributed by atoms with Crippen LogP contribution in [0.3, 0.4) is 0 Å². The number of nitrogens with one attached hydrogen (secondary N) is 2. The summed E-state index contributed by atoms with van der Waals surface area (Å²) in [7, 11) is 0. The van der Waals surface area contributed by atoms with Crippen LogP contribution in [-0.2, 0) is 19.2 Å². The molecule has 0 radical (unpaired) electrons. The van der Waals surface area contributed by atoms with E-state index in [1.807, 2.05) is 30.0 Å². The number of carbonyl (C=O) groups is 4. The molecule has 2 aliphatic heterocycles. The van der Waals surface area contributed by atoms with Gasteiger partial charge in [0, 0.05) is 45.0 Å². The van der Waals surface area contributed by atoms with Crippen molar-refractivity contribution in [1.29, 1.82) is 0 Å². The van der Waals surface area contributed by atoms with Gasteiger partial charge in [0.25, 0.3) is 0 Å². The van der Waals surface area contributed by atoms with E-state index in [1.165, 1.54) is 4.90 Å². The van der Waals surface area contributed by atoms with Gasteiger partial charge in [-0.25, -0.2) is 0 Å². The Labute approximate surface area is 170 Å². The van der Waals surface area contributed by atoms with Crippen molar-refractivity contribution in [2.45, 2.75) is 19.4 Å². The molecule has 1 atom stereocenters. The Balaban J connectivity index is 1.60. The molecule has 156 valence electrons. The third-order valence-corrected chi connectivity index (χ3v) is 5.36. The van der Waals surface area contributed by atoms with Crippen LogP contribution in [0, 0.1) is 6.92 Å². The monoisotopic (exact) mass is 401 g/mol. The predicted molar refractivity (Wildman–Crippen MR) is 107 cm³/mol. The van der Waals surface area contributed by atoms with E-state index in [1.54, 1.807) is 11.0 Å². The maximum Gasteiger partial charge on any atom is 0.243 e. The lowest BCUT2D eigenvalue weighted by atomic mass is 10.1. The SMILES string of the molecule is Cc1ccccc1NC(=O)C[C@H]1C(=O)NCCN1C(=O)CN1CCN(C=O)CC1. The average molecular weight is 401 g/mol. The van der Waals surface area contributed by atoms with Crippen molar-refractivity contribution in [3.8, 4) is 0 Å². The topological polar surface area (TPSA) is 102 Å². The molecule has 9 heteroatoms. The number of nitrogens with zero attached hydrogens (tertiary/aromatic N) is 3. The van der Waals surface area contributed by atoms with Crippen molar-refractivity contribution < 1.29 is 19.2 Å². The van der Waals surface area contributed by atoms with Crippen molar-refractivity contribution in [1.82, 2.24) is 20.0 Å². The highest BCUT2D eigenvalue weighted by molar-refractivity contribution is 5.98. The first-order valence-electron chi connectivity index (χ1n) is 9.82. The first kappa shape index (κ1) is 20.8. The summed E-state index contributed by atoms with van der Waals surface area (Å²) in [5.41, 5.74) is 1.62. The lowest BCUT2D eigenvalue weighted by Gasteiger charge is -2.37. The summed E-state index contributed by atoms with van der Waals surface area (Å²) in [6.07, 6.45) is 0.724. The minimum absolute atomic E-state index is 0.0924. The van der Waals surface area contributed by atoms with Crippen LogP contribution in [0.5, 0.6) is 0 Å². The highest BCUT2D eigenvalue weighted by Gasteiger charge is 2.35. The second-order valence-corrected chi connectivity index (χ2v) is 7.38. The van der Waals surface area contributed by atoms with Crippen LogP contribution in [0.25, 0.3) is 0 Å².